The number of allylic oxidation sites excluding steroid dienone is 2. The van der Waals surface area contributed by atoms with Crippen molar-refractivity contribution in [3.63, 3.8) is 0 Å². The van der Waals surface area contributed by atoms with E-state index in [2.05, 4.69) is 0 Å². The maximum atomic E-state index is 10.00. The summed E-state index contributed by atoms with van der Waals surface area (Å²) in [6, 6.07) is 2.50. The SMILES string of the molecule is Oc1ccc(O)c2c1[C@]1(Cl)C(Cl)=C(Cl)[C@@]2(Cl)C1(Cl)Cl. The number of hydrogen-bond donors (Lipinski definition) is 2. The largest absolute Gasteiger partial charge is 0.508 e. The van der Waals surface area contributed by atoms with Gasteiger partial charge >= 0.3 is 0 Å². The van der Waals surface area contributed by atoms with Crippen molar-refractivity contribution in [3.05, 3.63) is 33.3 Å². The van der Waals surface area contributed by atoms with Crippen LogP contribution in [-0.2, 0) is 9.75 Å². The Morgan fingerprint density at radius 3 is 1.37 bits per heavy atom. The lowest BCUT2D eigenvalue weighted by Crippen LogP contribution is -2.39. The molecule has 2 atom stereocenters. The van der Waals surface area contributed by atoms with E-state index in [9.17, 15) is 10.2 Å². The van der Waals surface area contributed by atoms with Gasteiger partial charge in [-0.15, -0.1) is 23.2 Å². The highest BCUT2D eigenvalue weighted by Gasteiger charge is 2.78. The summed E-state index contributed by atoms with van der Waals surface area (Å²) in [4.78, 5) is -3.43. The quantitative estimate of drug-likeness (QED) is 0.498. The van der Waals surface area contributed by atoms with Crippen LogP contribution < -0.4 is 0 Å². The van der Waals surface area contributed by atoms with E-state index in [-0.39, 0.29) is 32.7 Å². The first kappa shape index (κ1) is 14.2. The van der Waals surface area contributed by atoms with Crippen LogP contribution in [-0.4, -0.2) is 14.5 Å². The standard InChI is InChI=1S/C11H4Cl6O2/c12-7-8(13)10(15)6-4(19)2-1-3(18)5(6)9(7,14)11(10,16)17/h1-2,18-19H/t9-,10+. The molecule has 2 N–H and O–H groups in total. The van der Waals surface area contributed by atoms with Gasteiger partial charge in [-0.3, -0.25) is 0 Å². The predicted octanol–water partition coefficient (Wildman–Crippen LogP) is 4.86. The Labute approximate surface area is 138 Å². The molecule has 2 bridgehead atoms. The molecule has 0 amide bonds. The number of hydrogen-bond acceptors (Lipinski definition) is 2. The first-order valence-electron chi connectivity index (χ1n) is 4.99. The summed E-state index contributed by atoms with van der Waals surface area (Å²) in [5, 5.41) is 19.9. The van der Waals surface area contributed by atoms with E-state index in [0.29, 0.717) is 0 Å². The second-order valence-electron chi connectivity index (χ2n) is 4.37. The summed E-state index contributed by atoms with van der Waals surface area (Å²) < 4.78 is -1.85. The smallest absolute Gasteiger partial charge is 0.174 e. The van der Waals surface area contributed by atoms with Crippen LogP contribution in [0.4, 0.5) is 0 Å². The maximum absolute atomic E-state index is 10.00. The fourth-order valence-electron chi connectivity index (χ4n) is 2.63. The zero-order valence-electron chi connectivity index (χ0n) is 8.82. The summed E-state index contributed by atoms with van der Waals surface area (Å²) in [7, 11) is 0. The Bertz CT molecular complexity index is 602. The van der Waals surface area contributed by atoms with Crippen molar-refractivity contribution in [2.24, 2.45) is 0 Å². The van der Waals surface area contributed by atoms with Crippen molar-refractivity contribution in [3.8, 4) is 11.5 Å². The van der Waals surface area contributed by atoms with Gasteiger partial charge in [-0.2, -0.15) is 0 Å². The van der Waals surface area contributed by atoms with Crippen molar-refractivity contribution in [2.75, 3.05) is 0 Å². The van der Waals surface area contributed by atoms with Crippen LogP contribution in [0.3, 0.4) is 0 Å². The summed E-state index contributed by atoms with van der Waals surface area (Å²) >= 11 is 37.6. The van der Waals surface area contributed by atoms with E-state index in [1.807, 2.05) is 0 Å². The van der Waals surface area contributed by atoms with E-state index >= 15 is 0 Å². The van der Waals surface area contributed by atoms with Crippen LogP contribution in [0.2, 0.25) is 0 Å². The summed E-state index contributed by atoms with van der Waals surface area (Å²) in [6.45, 7) is 0. The van der Waals surface area contributed by atoms with E-state index in [0.717, 1.165) is 0 Å². The monoisotopic (exact) mass is 378 g/mol. The number of phenols is 2. The van der Waals surface area contributed by atoms with Crippen molar-refractivity contribution in [1.82, 2.24) is 0 Å². The van der Waals surface area contributed by atoms with Gasteiger partial charge in [-0.25, -0.2) is 0 Å². The topological polar surface area (TPSA) is 40.5 Å². The molecule has 3 rings (SSSR count). The third kappa shape index (κ3) is 1.21. The van der Waals surface area contributed by atoms with Crippen molar-refractivity contribution < 1.29 is 10.2 Å². The normalized spacial score (nSPS) is 34.8. The highest BCUT2D eigenvalue weighted by molar-refractivity contribution is 6.65. The Balaban J connectivity index is 2.55. The third-order valence-corrected chi connectivity index (χ3v) is 7.59. The average molecular weight is 381 g/mol. The third-order valence-electron chi connectivity index (χ3n) is 3.51. The number of alkyl halides is 4. The Morgan fingerprint density at radius 2 is 1.05 bits per heavy atom. The van der Waals surface area contributed by atoms with Gasteiger partial charge in [0.05, 0.1) is 10.1 Å². The summed E-state index contributed by atoms with van der Waals surface area (Å²) in [5.41, 5.74) is 0.145. The highest BCUT2D eigenvalue weighted by atomic mass is 35.5. The molecule has 0 fully saturated rings. The van der Waals surface area contributed by atoms with E-state index < -0.39 is 14.1 Å². The fourth-order valence-corrected chi connectivity index (χ4v) is 5.33. The second-order valence-corrected chi connectivity index (χ2v) is 7.59. The van der Waals surface area contributed by atoms with Gasteiger partial charge < -0.3 is 10.2 Å². The van der Waals surface area contributed by atoms with Gasteiger partial charge in [0, 0.05) is 11.1 Å². The van der Waals surface area contributed by atoms with Crippen LogP contribution >= 0.6 is 69.6 Å². The minimum absolute atomic E-state index is 0.0655. The minimum Gasteiger partial charge on any atom is -0.508 e. The van der Waals surface area contributed by atoms with Crippen molar-refractivity contribution >= 4 is 69.6 Å². The van der Waals surface area contributed by atoms with Crippen LogP contribution in [0.1, 0.15) is 11.1 Å². The van der Waals surface area contributed by atoms with Crippen LogP contribution in [0.25, 0.3) is 0 Å². The number of fused-ring (bicyclic) bond motifs is 5. The molecule has 2 aliphatic rings. The van der Waals surface area contributed by atoms with E-state index in [1.54, 1.807) is 0 Å². The van der Waals surface area contributed by atoms with Crippen LogP contribution in [0, 0.1) is 0 Å². The minimum atomic E-state index is -1.85. The van der Waals surface area contributed by atoms with Crippen LogP contribution in [0.5, 0.6) is 11.5 Å². The molecule has 0 spiro atoms. The summed E-state index contributed by atoms with van der Waals surface area (Å²) in [5.74, 6) is -0.448. The number of phenolic OH excluding ortho intramolecular Hbond substituents is 2. The molecular formula is C11H4Cl6O2. The molecule has 19 heavy (non-hydrogen) atoms. The number of aromatic hydroxyl groups is 2. The Hall–Kier alpha value is 0.300. The highest BCUT2D eigenvalue weighted by Crippen LogP contribution is 2.79. The number of rotatable bonds is 0. The summed E-state index contributed by atoms with van der Waals surface area (Å²) in [6.07, 6.45) is 0. The molecule has 102 valence electrons. The van der Waals surface area contributed by atoms with Gasteiger partial charge in [-0.1, -0.05) is 46.4 Å². The number of benzene rings is 1. The zero-order valence-corrected chi connectivity index (χ0v) is 13.4. The lowest BCUT2D eigenvalue weighted by Gasteiger charge is -2.31. The molecule has 0 saturated heterocycles. The van der Waals surface area contributed by atoms with Crippen molar-refractivity contribution in [2.45, 2.75) is 14.1 Å². The first-order valence-corrected chi connectivity index (χ1v) is 7.26. The van der Waals surface area contributed by atoms with E-state index in [1.165, 1.54) is 12.1 Å². The molecule has 0 heterocycles. The lowest BCUT2D eigenvalue weighted by molar-refractivity contribution is 0.448. The van der Waals surface area contributed by atoms with Gasteiger partial charge in [-0.05, 0) is 12.1 Å². The molecule has 0 aliphatic heterocycles. The van der Waals surface area contributed by atoms with Gasteiger partial charge in [0.2, 0.25) is 0 Å². The second kappa shape index (κ2) is 3.73. The van der Waals surface area contributed by atoms with Crippen LogP contribution in [0.15, 0.2) is 22.2 Å². The lowest BCUT2D eigenvalue weighted by atomic mass is 9.94. The van der Waals surface area contributed by atoms with Gasteiger partial charge in [0.15, 0.2) is 4.33 Å². The predicted molar refractivity (Wildman–Crippen MR) is 78.0 cm³/mol. The first-order chi connectivity index (χ1) is 8.61. The zero-order chi connectivity index (χ0) is 14.4. The molecule has 0 aromatic heterocycles. The molecule has 1 aromatic rings. The number of halogens is 6. The molecule has 0 unspecified atom stereocenters. The molecule has 8 heteroatoms. The van der Waals surface area contributed by atoms with E-state index in [4.69, 9.17) is 69.6 Å². The average Bonchev–Trinajstić information content (AvgIpc) is 2.55. The van der Waals surface area contributed by atoms with Gasteiger partial charge in [0.25, 0.3) is 0 Å². The van der Waals surface area contributed by atoms with Crippen molar-refractivity contribution in [1.29, 1.82) is 0 Å². The van der Waals surface area contributed by atoms with Gasteiger partial charge in [0.1, 0.15) is 21.2 Å². The Kier molecular flexibility index (Phi) is 2.80. The molecule has 1 aromatic carbocycles. The molecule has 2 nitrogen and oxygen atoms in total. The molecule has 0 saturated carbocycles. The molecular weight excluding hydrogens is 377 g/mol. The fraction of sp³-hybridized carbons (Fsp3) is 0.273. The molecule has 0 radical (unpaired) electrons. The maximum Gasteiger partial charge on any atom is 0.174 e. The Morgan fingerprint density at radius 1 is 0.737 bits per heavy atom. The molecule has 2 aliphatic carbocycles.